The summed E-state index contributed by atoms with van der Waals surface area (Å²) in [5, 5.41) is -0.132. The maximum Gasteiger partial charge on any atom is 0.255 e. The number of carbonyl (C=O) groups is 1. The minimum atomic E-state index is -0.132. The molecule has 7 heteroatoms. The molecule has 0 bridgehead atoms. The van der Waals surface area contributed by atoms with Crippen molar-refractivity contribution in [2.45, 2.75) is 10.3 Å². The predicted molar refractivity (Wildman–Crippen MR) is 111 cm³/mol. The van der Waals surface area contributed by atoms with Crippen LogP contribution >= 0.6 is 23.5 Å². The molecule has 1 aliphatic rings. The van der Waals surface area contributed by atoms with Crippen molar-refractivity contribution in [2.24, 2.45) is 0 Å². The Kier molecular flexibility index (Phi) is 6.44. The number of benzene rings is 2. The molecule has 1 heterocycles. The molecular weight excluding hydrogens is 382 g/mol. The molecule has 3 rings (SSSR count). The maximum atomic E-state index is 13.1. The van der Waals surface area contributed by atoms with E-state index in [9.17, 15) is 4.79 Å². The average Bonchev–Trinajstić information content (AvgIpc) is 3.21. The molecule has 1 saturated heterocycles. The number of hydrogen-bond acceptors (Lipinski definition) is 6. The van der Waals surface area contributed by atoms with Gasteiger partial charge in [-0.1, -0.05) is 0 Å². The summed E-state index contributed by atoms with van der Waals surface area (Å²) in [6.07, 6.45) is 2.02. The Labute approximate surface area is 168 Å². The Morgan fingerprint density at radius 2 is 1.67 bits per heavy atom. The number of nitrogens with zero attached hydrogens (tertiary/aromatic N) is 1. The van der Waals surface area contributed by atoms with Crippen molar-refractivity contribution >= 4 is 29.4 Å². The highest BCUT2D eigenvalue weighted by atomic mass is 32.2. The molecule has 0 aromatic heterocycles. The molecule has 27 heavy (non-hydrogen) atoms. The zero-order chi connectivity index (χ0) is 19.4. The minimum Gasteiger partial charge on any atom is -0.496 e. The van der Waals surface area contributed by atoms with E-state index >= 15 is 0 Å². The first-order valence-corrected chi connectivity index (χ1v) is 10.8. The minimum absolute atomic E-state index is 0.0227. The molecule has 0 aliphatic carbocycles. The van der Waals surface area contributed by atoms with E-state index < -0.39 is 0 Å². The lowest BCUT2D eigenvalue weighted by molar-refractivity contribution is 0.0759. The third-order valence-electron chi connectivity index (χ3n) is 4.49. The van der Waals surface area contributed by atoms with Gasteiger partial charge < -0.3 is 19.1 Å². The lowest BCUT2D eigenvalue weighted by Gasteiger charge is -2.26. The summed E-state index contributed by atoms with van der Waals surface area (Å²) in [7, 11) is 4.82. The van der Waals surface area contributed by atoms with Gasteiger partial charge in [-0.05, 0) is 36.6 Å². The van der Waals surface area contributed by atoms with E-state index in [4.69, 9.17) is 14.2 Å². The molecular formula is C20H23NO4S2. The second-order valence-corrected chi connectivity index (χ2v) is 7.97. The fraction of sp³-hybridized carbons (Fsp3) is 0.350. The molecule has 2 aromatic carbocycles. The standard InChI is InChI=1S/C20H23NO4S2/c1-23-16-12-18(25-3)17(24-2)11-15(16)20-21(9-10-27-20)19(22)13-5-7-14(26-4)8-6-13/h5-8,11-12,20H,9-10H2,1-4H3. The van der Waals surface area contributed by atoms with E-state index in [0.29, 0.717) is 29.4 Å². The van der Waals surface area contributed by atoms with Crippen molar-refractivity contribution in [1.82, 2.24) is 4.90 Å². The van der Waals surface area contributed by atoms with Crippen molar-refractivity contribution in [3.8, 4) is 17.2 Å². The van der Waals surface area contributed by atoms with Crippen LogP contribution in [0, 0.1) is 0 Å². The number of carbonyl (C=O) groups excluding carboxylic acids is 1. The molecule has 1 fully saturated rings. The first-order chi connectivity index (χ1) is 13.1. The summed E-state index contributed by atoms with van der Waals surface area (Å²) in [4.78, 5) is 16.1. The number of ether oxygens (including phenoxy) is 3. The van der Waals surface area contributed by atoms with E-state index in [-0.39, 0.29) is 11.3 Å². The summed E-state index contributed by atoms with van der Waals surface area (Å²) in [6.45, 7) is 0.690. The summed E-state index contributed by atoms with van der Waals surface area (Å²) in [6, 6.07) is 11.4. The lowest BCUT2D eigenvalue weighted by atomic mass is 10.1. The van der Waals surface area contributed by atoms with Crippen LogP contribution in [0.4, 0.5) is 0 Å². The van der Waals surface area contributed by atoms with E-state index in [1.54, 1.807) is 44.9 Å². The van der Waals surface area contributed by atoms with Crippen molar-refractivity contribution in [3.63, 3.8) is 0 Å². The van der Waals surface area contributed by atoms with Gasteiger partial charge in [0, 0.05) is 34.4 Å². The monoisotopic (exact) mass is 405 g/mol. The molecule has 1 unspecified atom stereocenters. The van der Waals surface area contributed by atoms with Crippen LogP contribution in [0.1, 0.15) is 21.3 Å². The third kappa shape index (κ3) is 3.99. The normalized spacial score (nSPS) is 16.3. The van der Waals surface area contributed by atoms with Crippen LogP contribution in [0.25, 0.3) is 0 Å². The van der Waals surface area contributed by atoms with Crippen LogP contribution in [-0.4, -0.2) is 50.7 Å². The summed E-state index contributed by atoms with van der Waals surface area (Å²) in [5.74, 6) is 2.80. The topological polar surface area (TPSA) is 48.0 Å². The molecule has 0 radical (unpaired) electrons. The zero-order valence-corrected chi connectivity index (χ0v) is 17.5. The van der Waals surface area contributed by atoms with Crippen molar-refractivity contribution in [3.05, 3.63) is 47.5 Å². The molecule has 5 nitrogen and oxygen atoms in total. The van der Waals surface area contributed by atoms with Gasteiger partial charge in [0.2, 0.25) is 0 Å². The Bertz CT molecular complexity index is 810. The molecule has 0 saturated carbocycles. The highest BCUT2D eigenvalue weighted by Gasteiger charge is 2.34. The fourth-order valence-corrected chi connectivity index (χ4v) is 4.76. The van der Waals surface area contributed by atoms with Gasteiger partial charge >= 0.3 is 0 Å². The Morgan fingerprint density at radius 1 is 1.04 bits per heavy atom. The summed E-state index contributed by atoms with van der Waals surface area (Å²) < 4.78 is 16.4. The van der Waals surface area contributed by atoms with Crippen LogP contribution in [0.2, 0.25) is 0 Å². The molecule has 1 amide bonds. The Morgan fingerprint density at radius 3 is 2.26 bits per heavy atom. The number of methoxy groups -OCH3 is 3. The predicted octanol–water partition coefficient (Wildman–Crippen LogP) is 4.32. The first-order valence-electron chi connectivity index (χ1n) is 8.49. The quantitative estimate of drug-likeness (QED) is 0.667. The third-order valence-corrected chi connectivity index (χ3v) is 6.48. The first kappa shape index (κ1) is 19.8. The van der Waals surface area contributed by atoms with Gasteiger partial charge in [0.05, 0.1) is 21.3 Å². The van der Waals surface area contributed by atoms with Crippen LogP contribution in [-0.2, 0) is 0 Å². The fourth-order valence-electron chi connectivity index (χ4n) is 3.08. The van der Waals surface area contributed by atoms with Gasteiger partial charge in [-0.15, -0.1) is 23.5 Å². The second kappa shape index (κ2) is 8.80. The van der Waals surface area contributed by atoms with E-state index in [0.717, 1.165) is 16.2 Å². The molecule has 144 valence electrons. The highest BCUT2D eigenvalue weighted by Crippen LogP contribution is 2.46. The molecule has 1 atom stereocenters. The summed E-state index contributed by atoms with van der Waals surface area (Å²) in [5.41, 5.74) is 1.60. The SMILES string of the molecule is COc1cc(OC)c(C2SCCN2C(=O)c2ccc(SC)cc2)cc1OC. The number of rotatable bonds is 6. The molecule has 0 N–H and O–H groups in total. The van der Waals surface area contributed by atoms with E-state index in [1.165, 1.54) is 0 Å². The molecule has 1 aliphatic heterocycles. The molecule has 2 aromatic rings. The van der Waals surface area contributed by atoms with Gasteiger partial charge in [-0.3, -0.25) is 4.79 Å². The second-order valence-electron chi connectivity index (χ2n) is 5.90. The van der Waals surface area contributed by atoms with Gasteiger partial charge in [-0.25, -0.2) is 0 Å². The highest BCUT2D eigenvalue weighted by molar-refractivity contribution is 7.99. The van der Waals surface area contributed by atoms with Crippen LogP contribution in [0.3, 0.4) is 0 Å². The van der Waals surface area contributed by atoms with Gasteiger partial charge in [0.25, 0.3) is 5.91 Å². The smallest absolute Gasteiger partial charge is 0.255 e. The van der Waals surface area contributed by atoms with Crippen LogP contribution in [0.15, 0.2) is 41.3 Å². The lowest BCUT2D eigenvalue weighted by Crippen LogP contribution is -2.30. The van der Waals surface area contributed by atoms with Crippen LogP contribution in [0.5, 0.6) is 17.2 Å². The van der Waals surface area contributed by atoms with Crippen LogP contribution < -0.4 is 14.2 Å². The maximum absolute atomic E-state index is 13.1. The Balaban J connectivity index is 1.94. The van der Waals surface area contributed by atoms with E-state index in [2.05, 4.69) is 0 Å². The average molecular weight is 406 g/mol. The zero-order valence-electron chi connectivity index (χ0n) is 15.9. The van der Waals surface area contributed by atoms with E-state index in [1.807, 2.05) is 47.6 Å². The van der Waals surface area contributed by atoms with Gasteiger partial charge in [0.15, 0.2) is 11.5 Å². The van der Waals surface area contributed by atoms with Crippen molar-refractivity contribution < 1.29 is 19.0 Å². The largest absolute Gasteiger partial charge is 0.496 e. The summed E-state index contributed by atoms with van der Waals surface area (Å²) >= 11 is 3.38. The van der Waals surface area contributed by atoms with Crippen molar-refractivity contribution in [1.29, 1.82) is 0 Å². The van der Waals surface area contributed by atoms with Crippen molar-refractivity contribution in [2.75, 3.05) is 39.9 Å². The Hall–Kier alpha value is -1.99. The van der Waals surface area contributed by atoms with Gasteiger partial charge in [0.1, 0.15) is 11.1 Å². The number of hydrogen-bond donors (Lipinski definition) is 0. The molecule has 0 spiro atoms. The van der Waals surface area contributed by atoms with Gasteiger partial charge in [-0.2, -0.15) is 0 Å². The number of thioether (sulfide) groups is 2. The number of amides is 1.